The minimum absolute atomic E-state index is 0.0411. The van der Waals surface area contributed by atoms with E-state index >= 15 is 0 Å². The van der Waals surface area contributed by atoms with E-state index in [1.807, 2.05) is 0 Å². The first-order valence-electron chi connectivity index (χ1n) is 5.95. The first-order valence-corrected chi connectivity index (χ1v) is 6.74. The summed E-state index contributed by atoms with van der Waals surface area (Å²) in [5.41, 5.74) is 0. The first kappa shape index (κ1) is 14.5. The topological polar surface area (TPSA) is 29.5 Å². The summed E-state index contributed by atoms with van der Waals surface area (Å²) in [5, 5.41) is 10.1. The molecule has 0 amide bonds. The summed E-state index contributed by atoms with van der Waals surface area (Å²) < 4.78 is 56.0. The van der Waals surface area contributed by atoms with Crippen molar-refractivity contribution >= 4 is 15.9 Å². The lowest BCUT2D eigenvalue weighted by molar-refractivity contribution is -0.245. The van der Waals surface area contributed by atoms with Crippen LogP contribution in [0.4, 0.5) is 17.6 Å². The highest BCUT2D eigenvalue weighted by atomic mass is 79.9. The highest BCUT2D eigenvalue weighted by molar-refractivity contribution is 9.10. The third kappa shape index (κ3) is 2.67. The second kappa shape index (κ2) is 4.59. The van der Waals surface area contributed by atoms with E-state index in [0.29, 0.717) is 12.3 Å². The molecule has 3 unspecified atom stereocenters. The van der Waals surface area contributed by atoms with Gasteiger partial charge in [-0.2, -0.15) is 17.6 Å². The Morgan fingerprint density at radius 2 is 1.94 bits per heavy atom. The quantitative estimate of drug-likeness (QED) is 0.473. The van der Waals surface area contributed by atoms with E-state index < -0.39 is 29.6 Å². The van der Waals surface area contributed by atoms with E-state index in [2.05, 4.69) is 0 Å². The summed E-state index contributed by atoms with van der Waals surface area (Å²) in [6.07, 6.45) is 1.97. The van der Waals surface area contributed by atoms with E-state index in [-0.39, 0.29) is 5.92 Å². The van der Waals surface area contributed by atoms with E-state index in [1.165, 1.54) is 0 Å². The average Bonchev–Trinajstić information content (AvgIpc) is 2.74. The molecule has 1 N–H and O–H groups in total. The zero-order chi connectivity index (χ0) is 13.6. The smallest absolute Gasteiger partial charge is 0.363 e. The van der Waals surface area contributed by atoms with Crippen molar-refractivity contribution in [2.24, 2.45) is 11.8 Å². The van der Waals surface area contributed by atoms with Gasteiger partial charge in [-0.15, -0.1) is 0 Å². The molecule has 0 aliphatic heterocycles. The Kier molecular flexibility index (Phi) is 3.71. The molecule has 0 spiro atoms. The van der Waals surface area contributed by atoms with Gasteiger partial charge in [0.25, 0.3) is 0 Å². The molecule has 0 heterocycles. The lowest BCUT2D eigenvalue weighted by Crippen LogP contribution is -2.41. The molecule has 2 rings (SSSR count). The van der Waals surface area contributed by atoms with E-state index in [9.17, 15) is 22.7 Å². The summed E-state index contributed by atoms with van der Waals surface area (Å²) in [6.45, 7) is -0.575. The Morgan fingerprint density at radius 1 is 1.28 bits per heavy atom. The molecule has 3 atom stereocenters. The average molecular weight is 335 g/mol. The molecule has 2 aliphatic rings. The number of aliphatic hydroxyl groups is 1. The Balaban J connectivity index is 1.83. The predicted molar refractivity (Wildman–Crippen MR) is 59.8 cm³/mol. The van der Waals surface area contributed by atoms with Gasteiger partial charge in [-0.3, -0.25) is 0 Å². The van der Waals surface area contributed by atoms with Gasteiger partial charge in [0.05, 0.1) is 6.61 Å². The summed E-state index contributed by atoms with van der Waals surface area (Å²) >= 11 is 1.66. The molecule has 7 heteroatoms. The third-order valence-corrected chi connectivity index (χ3v) is 4.52. The fourth-order valence-electron chi connectivity index (χ4n) is 2.92. The van der Waals surface area contributed by atoms with Crippen molar-refractivity contribution in [3.63, 3.8) is 0 Å². The second-order valence-corrected chi connectivity index (χ2v) is 6.22. The summed E-state index contributed by atoms with van der Waals surface area (Å²) in [7, 11) is 0. The zero-order valence-corrected chi connectivity index (χ0v) is 11.2. The van der Waals surface area contributed by atoms with Crippen molar-refractivity contribution in [3.8, 4) is 0 Å². The van der Waals surface area contributed by atoms with Crippen LogP contribution < -0.4 is 0 Å². The van der Waals surface area contributed by atoms with Crippen LogP contribution in [0.1, 0.15) is 32.1 Å². The summed E-state index contributed by atoms with van der Waals surface area (Å²) in [6, 6.07) is 0. The van der Waals surface area contributed by atoms with Crippen molar-refractivity contribution in [2.45, 2.75) is 48.6 Å². The minimum Gasteiger partial charge on any atom is -0.365 e. The molecule has 2 aliphatic carbocycles. The maximum atomic E-state index is 13.0. The van der Waals surface area contributed by atoms with Gasteiger partial charge in [-0.05, 0) is 41.1 Å². The maximum absolute atomic E-state index is 13.0. The standard InChI is InChI=1S/C11H15BrF4O2/c12-11(15,16)10(13,14)3-4-18-9(17)6-7-1-2-8(9)5-7/h7-8,17H,1-6H2. The molecule has 0 aromatic carbocycles. The summed E-state index contributed by atoms with van der Waals surface area (Å²) in [4.78, 5) is -4.25. The van der Waals surface area contributed by atoms with Gasteiger partial charge in [-0.1, -0.05) is 0 Å². The normalized spacial score (nSPS) is 36.3. The predicted octanol–water partition coefficient (Wildman–Crippen LogP) is 3.52. The van der Waals surface area contributed by atoms with Crippen LogP contribution in [-0.4, -0.2) is 28.3 Å². The van der Waals surface area contributed by atoms with Crippen LogP contribution in [-0.2, 0) is 4.74 Å². The largest absolute Gasteiger partial charge is 0.365 e. The fraction of sp³-hybridized carbons (Fsp3) is 1.00. The van der Waals surface area contributed by atoms with Crippen LogP contribution in [0.2, 0.25) is 0 Å². The molecule has 0 aromatic heterocycles. The first-order chi connectivity index (χ1) is 8.14. The molecule has 0 aromatic rings. The van der Waals surface area contributed by atoms with Gasteiger partial charge in [-0.25, -0.2) is 0 Å². The minimum atomic E-state index is -4.25. The monoisotopic (exact) mass is 334 g/mol. The second-order valence-electron chi connectivity index (χ2n) is 5.23. The Bertz CT molecular complexity index is 321. The van der Waals surface area contributed by atoms with Crippen LogP contribution in [0.15, 0.2) is 0 Å². The van der Waals surface area contributed by atoms with Crippen LogP contribution in [0, 0.1) is 11.8 Å². The molecule has 18 heavy (non-hydrogen) atoms. The number of alkyl halides is 5. The van der Waals surface area contributed by atoms with Gasteiger partial charge in [0.2, 0.25) is 0 Å². The van der Waals surface area contributed by atoms with Crippen LogP contribution in [0.5, 0.6) is 0 Å². The van der Waals surface area contributed by atoms with Gasteiger partial charge in [0, 0.05) is 18.8 Å². The maximum Gasteiger partial charge on any atom is 0.363 e. The number of hydrogen-bond donors (Lipinski definition) is 1. The molecular weight excluding hydrogens is 320 g/mol. The molecule has 2 fully saturated rings. The summed E-state index contributed by atoms with van der Waals surface area (Å²) in [5.74, 6) is -5.24. The number of rotatable bonds is 5. The van der Waals surface area contributed by atoms with E-state index in [4.69, 9.17) is 4.74 Å². The van der Waals surface area contributed by atoms with Crippen molar-refractivity contribution in [3.05, 3.63) is 0 Å². The SMILES string of the molecule is OC1(OCCC(F)(F)C(F)(F)Br)CC2CCC1C2. The Morgan fingerprint density at radius 3 is 2.39 bits per heavy atom. The van der Waals surface area contributed by atoms with Crippen molar-refractivity contribution in [1.82, 2.24) is 0 Å². The molecule has 0 radical (unpaired) electrons. The lowest BCUT2D eigenvalue weighted by atomic mass is 9.94. The number of hydrogen-bond acceptors (Lipinski definition) is 2. The van der Waals surface area contributed by atoms with Gasteiger partial charge < -0.3 is 9.84 Å². The van der Waals surface area contributed by atoms with Crippen LogP contribution in [0.25, 0.3) is 0 Å². The van der Waals surface area contributed by atoms with Gasteiger partial charge >= 0.3 is 10.8 Å². The molecule has 2 bridgehead atoms. The molecular formula is C11H15BrF4O2. The third-order valence-electron chi connectivity index (χ3n) is 3.94. The van der Waals surface area contributed by atoms with Crippen molar-refractivity contribution < 1.29 is 27.4 Å². The molecule has 2 nitrogen and oxygen atoms in total. The molecule has 0 saturated heterocycles. The van der Waals surface area contributed by atoms with E-state index in [1.54, 1.807) is 15.9 Å². The van der Waals surface area contributed by atoms with Crippen LogP contribution >= 0.6 is 15.9 Å². The zero-order valence-electron chi connectivity index (χ0n) is 9.64. The van der Waals surface area contributed by atoms with E-state index in [0.717, 1.165) is 19.3 Å². The Labute approximate surface area is 111 Å². The van der Waals surface area contributed by atoms with Gasteiger partial charge in [0.1, 0.15) is 0 Å². The van der Waals surface area contributed by atoms with Crippen LogP contribution in [0.3, 0.4) is 0 Å². The van der Waals surface area contributed by atoms with Gasteiger partial charge in [0.15, 0.2) is 5.79 Å². The Hall–Kier alpha value is 0.120. The molecule has 106 valence electrons. The lowest BCUT2D eigenvalue weighted by Gasteiger charge is -2.33. The number of ether oxygens (including phenoxy) is 1. The fourth-order valence-corrected chi connectivity index (χ4v) is 3.12. The van der Waals surface area contributed by atoms with Crippen molar-refractivity contribution in [1.29, 1.82) is 0 Å². The number of halogens is 5. The molecule has 2 saturated carbocycles. The highest BCUT2D eigenvalue weighted by Crippen LogP contribution is 2.51. The van der Waals surface area contributed by atoms with Crippen molar-refractivity contribution in [2.75, 3.05) is 6.61 Å². The number of fused-ring (bicyclic) bond motifs is 2. The highest BCUT2D eigenvalue weighted by Gasteiger charge is 2.55.